The molecule has 0 heterocycles. The summed E-state index contributed by atoms with van der Waals surface area (Å²) in [6.07, 6.45) is 4.82. The Morgan fingerprint density at radius 3 is 2.00 bits per heavy atom. The summed E-state index contributed by atoms with van der Waals surface area (Å²) in [6, 6.07) is 0. The molecular weight excluding hydrogens is 259 g/mol. The SMILES string of the molecule is CC(C)CCCCCS(C(C)C)=P(O)(O)S. The topological polar surface area (TPSA) is 40.5 Å². The van der Waals surface area contributed by atoms with E-state index in [1.807, 2.05) is 0 Å². The van der Waals surface area contributed by atoms with Gasteiger partial charge in [0, 0.05) is 0 Å². The van der Waals surface area contributed by atoms with Crippen LogP contribution in [0.3, 0.4) is 0 Å². The molecule has 16 heavy (non-hydrogen) atoms. The van der Waals surface area contributed by atoms with Crippen molar-refractivity contribution in [1.82, 2.24) is 0 Å². The highest BCUT2D eigenvalue weighted by atomic mass is 32.9. The van der Waals surface area contributed by atoms with E-state index in [9.17, 15) is 9.79 Å². The van der Waals surface area contributed by atoms with Gasteiger partial charge in [0.2, 0.25) is 0 Å². The molecule has 0 fully saturated rings. The first kappa shape index (κ1) is 17.1. The van der Waals surface area contributed by atoms with Gasteiger partial charge in [-0.2, -0.15) is 0 Å². The smallest absolute Gasteiger partial charge is 0.199 e. The predicted molar refractivity (Wildman–Crippen MR) is 81.0 cm³/mol. The van der Waals surface area contributed by atoms with Gasteiger partial charge in [0.05, 0.1) is 0 Å². The Kier molecular flexibility index (Phi) is 8.74. The molecule has 100 valence electrons. The lowest BCUT2D eigenvalue weighted by atomic mass is 10.1. The third-order valence-electron chi connectivity index (χ3n) is 2.49. The van der Waals surface area contributed by atoms with Crippen molar-refractivity contribution in [2.45, 2.75) is 58.6 Å². The minimum absolute atomic E-state index is 0.321. The predicted octanol–water partition coefficient (Wildman–Crippen LogP) is 3.82. The van der Waals surface area contributed by atoms with E-state index in [1.54, 1.807) is 0 Å². The van der Waals surface area contributed by atoms with Gasteiger partial charge >= 0.3 is 0 Å². The summed E-state index contributed by atoms with van der Waals surface area (Å²) >= 11 is 3.98. The Labute approximate surface area is 108 Å². The maximum Gasteiger partial charge on any atom is 0.199 e. The lowest BCUT2D eigenvalue weighted by Crippen LogP contribution is -2.10. The Morgan fingerprint density at radius 1 is 1.06 bits per heavy atom. The van der Waals surface area contributed by atoms with Crippen LogP contribution in [0, 0.1) is 5.92 Å². The summed E-state index contributed by atoms with van der Waals surface area (Å²) in [5.74, 6) is 1.69. The second-order valence-electron chi connectivity index (χ2n) is 4.91. The fourth-order valence-corrected chi connectivity index (χ4v) is 8.65. The molecule has 0 aliphatic carbocycles. The Balaban J connectivity index is 3.99. The number of hydrogen-bond donors (Lipinski definition) is 3. The quantitative estimate of drug-likeness (QED) is 0.378. The van der Waals surface area contributed by atoms with Gasteiger partial charge in [0.1, 0.15) is 0 Å². The van der Waals surface area contributed by atoms with Gasteiger partial charge in [-0.25, -0.2) is 0 Å². The normalized spacial score (nSPS) is 14.8. The number of unbranched alkanes of at least 4 members (excludes halogenated alkanes) is 2. The first-order valence-corrected chi connectivity index (χ1v) is 10.9. The van der Waals surface area contributed by atoms with Crippen molar-refractivity contribution >= 4 is 28.0 Å². The van der Waals surface area contributed by atoms with Crippen LogP contribution in [0.1, 0.15) is 53.4 Å². The largest absolute Gasteiger partial charge is 0.341 e. The minimum atomic E-state index is -2.93. The Hall–Kier alpha value is 1.05. The van der Waals surface area contributed by atoms with Gasteiger partial charge in [-0.05, 0) is 23.3 Å². The van der Waals surface area contributed by atoms with E-state index in [2.05, 4.69) is 39.9 Å². The van der Waals surface area contributed by atoms with E-state index in [0.717, 1.165) is 18.1 Å². The molecule has 0 aromatic rings. The van der Waals surface area contributed by atoms with E-state index < -0.39 is 5.69 Å². The third-order valence-corrected chi connectivity index (χ3v) is 10.5. The molecule has 1 atom stereocenters. The zero-order chi connectivity index (χ0) is 12.8. The van der Waals surface area contributed by atoms with E-state index in [-0.39, 0.29) is 10.1 Å². The summed E-state index contributed by atoms with van der Waals surface area (Å²) in [4.78, 5) is 19.3. The van der Waals surface area contributed by atoms with Crippen LogP contribution in [0.2, 0.25) is 0 Å². The van der Waals surface area contributed by atoms with Gasteiger partial charge in [0.25, 0.3) is 0 Å². The van der Waals surface area contributed by atoms with Gasteiger partial charge in [0.15, 0.2) is 5.69 Å². The van der Waals surface area contributed by atoms with Gasteiger partial charge < -0.3 is 9.79 Å². The van der Waals surface area contributed by atoms with Crippen LogP contribution in [0.15, 0.2) is 0 Å². The molecule has 0 spiro atoms. The zero-order valence-corrected chi connectivity index (χ0v) is 13.5. The highest BCUT2D eigenvalue weighted by Gasteiger charge is 2.13. The maximum atomic E-state index is 9.64. The maximum absolute atomic E-state index is 9.64. The zero-order valence-electron chi connectivity index (χ0n) is 10.9. The fraction of sp³-hybridized carbons (Fsp3) is 1.00. The third kappa shape index (κ3) is 8.19. The van der Waals surface area contributed by atoms with Crippen molar-refractivity contribution in [3.63, 3.8) is 0 Å². The molecule has 0 bridgehead atoms. The molecule has 5 heteroatoms. The Morgan fingerprint density at radius 2 is 1.62 bits per heavy atom. The number of hydrogen-bond acceptors (Lipinski definition) is 0. The first-order chi connectivity index (χ1) is 7.25. The molecular formula is C11H27O2PS2. The van der Waals surface area contributed by atoms with Crippen LogP contribution >= 0.6 is 17.9 Å². The second kappa shape index (κ2) is 8.20. The standard InChI is InChI=1S/C11H27O2PS2/c1-10(2)8-6-5-7-9-16(11(3)4)14(12,13)15/h10-13,15H,5-9H2,1-4H3. The average Bonchev–Trinajstić information content (AvgIpc) is 2.07. The summed E-state index contributed by atoms with van der Waals surface area (Å²) in [5.41, 5.74) is -2.93. The van der Waals surface area contributed by atoms with Crippen molar-refractivity contribution in [2.75, 3.05) is 5.75 Å². The van der Waals surface area contributed by atoms with Gasteiger partial charge in [-0.1, -0.05) is 59.2 Å². The number of rotatable bonds is 7. The molecule has 0 aliphatic heterocycles. The minimum Gasteiger partial charge on any atom is -0.341 e. The average molecular weight is 286 g/mol. The molecule has 0 radical (unpaired) electrons. The molecule has 2 N–H and O–H groups in total. The molecule has 0 aromatic carbocycles. The van der Waals surface area contributed by atoms with Crippen LogP contribution < -0.4 is 0 Å². The van der Waals surface area contributed by atoms with Crippen LogP contribution in [0.4, 0.5) is 0 Å². The van der Waals surface area contributed by atoms with Crippen molar-refractivity contribution in [1.29, 1.82) is 0 Å². The highest BCUT2D eigenvalue weighted by molar-refractivity contribution is 8.65. The second-order valence-corrected chi connectivity index (χ2v) is 13.5. The van der Waals surface area contributed by atoms with Crippen molar-refractivity contribution < 1.29 is 9.79 Å². The van der Waals surface area contributed by atoms with E-state index in [0.29, 0.717) is 5.25 Å². The fourth-order valence-electron chi connectivity index (χ4n) is 1.62. The molecule has 0 amide bonds. The number of thiol groups is 1. The van der Waals surface area contributed by atoms with Crippen molar-refractivity contribution in [3.8, 4) is 0 Å². The van der Waals surface area contributed by atoms with E-state index in [4.69, 9.17) is 0 Å². The van der Waals surface area contributed by atoms with Gasteiger partial charge in [-0.3, -0.25) is 0 Å². The highest BCUT2D eigenvalue weighted by Crippen LogP contribution is 2.48. The molecule has 0 saturated carbocycles. The molecule has 2 nitrogen and oxygen atoms in total. The van der Waals surface area contributed by atoms with Crippen LogP contribution in [0.5, 0.6) is 0 Å². The Bertz CT molecular complexity index is 238. The molecule has 1 unspecified atom stereocenters. The summed E-state index contributed by atoms with van der Waals surface area (Å²) in [5, 5.41) is 0.325. The van der Waals surface area contributed by atoms with Crippen LogP contribution in [0.25, 0.3) is 0 Å². The summed E-state index contributed by atoms with van der Waals surface area (Å²) in [6.45, 7) is 8.58. The van der Waals surface area contributed by atoms with Gasteiger partial charge in [-0.15, -0.1) is 10.1 Å². The molecule has 0 saturated heterocycles. The van der Waals surface area contributed by atoms with Crippen LogP contribution in [-0.2, 0) is 10.1 Å². The summed E-state index contributed by atoms with van der Waals surface area (Å²) in [7, 11) is -0.321. The van der Waals surface area contributed by atoms with Crippen molar-refractivity contribution in [3.05, 3.63) is 0 Å². The summed E-state index contributed by atoms with van der Waals surface area (Å²) < 4.78 is 0. The van der Waals surface area contributed by atoms with Crippen LogP contribution in [-0.4, -0.2) is 20.8 Å². The monoisotopic (exact) mass is 286 g/mol. The van der Waals surface area contributed by atoms with E-state index in [1.165, 1.54) is 19.3 Å². The lowest BCUT2D eigenvalue weighted by molar-refractivity contribution is 0.501. The molecule has 0 rings (SSSR count). The molecule has 0 aromatic heterocycles. The first-order valence-electron chi connectivity index (χ1n) is 6.02. The van der Waals surface area contributed by atoms with E-state index >= 15 is 0 Å². The lowest BCUT2D eigenvalue weighted by Gasteiger charge is -2.19. The molecule has 0 aliphatic rings. The van der Waals surface area contributed by atoms with Crippen molar-refractivity contribution in [2.24, 2.45) is 5.92 Å².